The molecule has 0 unspecified atom stereocenters. The van der Waals surface area contributed by atoms with E-state index in [-0.39, 0.29) is 11.3 Å². The summed E-state index contributed by atoms with van der Waals surface area (Å²) in [6.45, 7) is 0. The molecule has 0 bridgehead atoms. The molecule has 0 radical (unpaired) electrons. The minimum Gasteiger partial charge on any atom is -0.465 e. The van der Waals surface area contributed by atoms with Gasteiger partial charge in [-0.15, -0.1) is 11.8 Å². The summed E-state index contributed by atoms with van der Waals surface area (Å²) in [5.41, 5.74) is 1.90. The molecule has 4 rings (SSSR count). The largest absolute Gasteiger partial charge is 0.465 e. The van der Waals surface area contributed by atoms with E-state index in [4.69, 9.17) is 9.47 Å². The SMILES string of the molecule is COC(=O)c1c(-c2ccc(SC3CCCCC3)cc2)nn(-c2ccccc2)c1C(=O)OC. The number of rotatable bonds is 6. The maximum atomic E-state index is 12.7. The van der Waals surface area contributed by atoms with Crippen LogP contribution in [-0.4, -0.2) is 41.2 Å². The van der Waals surface area contributed by atoms with Crippen LogP contribution in [0.4, 0.5) is 0 Å². The Morgan fingerprint density at radius 1 is 0.906 bits per heavy atom. The minimum absolute atomic E-state index is 0.0428. The Bertz CT molecular complexity index is 1090. The first-order valence-electron chi connectivity index (χ1n) is 10.7. The third-order valence-corrected chi connectivity index (χ3v) is 6.99. The molecule has 7 heteroatoms. The van der Waals surface area contributed by atoms with Gasteiger partial charge in [0.15, 0.2) is 5.69 Å². The molecular formula is C25H26N2O4S. The molecule has 1 fully saturated rings. The first-order valence-corrected chi connectivity index (χ1v) is 11.6. The van der Waals surface area contributed by atoms with Gasteiger partial charge >= 0.3 is 11.9 Å². The Balaban J connectivity index is 1.76. The highest BCUT2D eigenvalue weighted by Crippen LogP contribution is 2.35. The fraction of sp³-hybridized carbons (Fsp3) is 0.320. The highest BCUT2D eigenvalue weighted by atomic mass is 32.2. The zero-order chi connectivity index (χ0) is 22.5. The first kappa shape index (κ1) is 22.1. The lowest BCUT2D eigenvalue weighted by Gasteiger charge is -2.20. The number of benzene rings is 2. The van der Waals surface area contributed by atoms with E-state index in [9.17, 15) is 9.59 Å². The number of aromatic nitrogens is 2. The number of methoxy groups -OCH3 is 2. The van der Waals surface area contributed by atoms with Crippen LogP contribution < -0.4 is 0 Å². The third kappa shape index (κ3) is 4.58. The summed E-state index contributed by atoms with van der Waals surface area (Å²) in [4.78, 5) is 26.6. The highest BCUT2D eigenvalue weighted by Gasteiger charge is 2.31. The highest BCUT2D eigenvalue weighted by molar-refractivity contribution is 8.00. The molecule has 0 spiro atoms. The maximum absolute atomic E-state index is 12.7. The van der Waals surface area contributed by atoms with Gasteiger partial charge in [-0.1, -0.05) is 49.6 Å². The molecule has 2 aromatic carbocycles. The monoisotopic (exact) mass is 450 g/mol. The zero-order valence-corrected chi connectivity index (χ0v) is 19.1. The van der Waals surface area contributed by atoms with Gasteiger partial charge in [0.2, 0.25) is 0 Å². The van der Waals surface area contributed by atoms with Gasteiger partial charge in [0.05, 0.1) is 19.9 Å². The van der Waals surface area contributed by atoms with Crippen molar-refractivity contribution in [3.8, 4) is 16.9 Å². The molecular weight excluding hydrogens is 424 g/mol. The molecule has 6 nitrogen and oxygen atoms in total. The van der Waals surface area contributed by atoms with Crippen molar-refractivity contribution in [2.75, 3.05) is 14.2 Å². The second-order valence-electron chi connectivity index (χ2n) is 7.70. The Morgan fingerprint density at radius 3 is 2.19 bits per heavy atom. The zero-order valence-electron chi connectivity index (χ0n) is 18.2. The Hall–Kier alpha value is -3.06. The third-order valence-electron chi connectivity index (χ3n) is 5.64. The normalized spacial score (nSPS) is 14.2. The smallest absolute Gasteiger partial charge is 0.357 e. The van der Waals surface area contributed by atoms with Crippen LogP contribution in [0.1, 0.15) is 53.0 Å². The lowest BCUT2D eigenvalue weighted by molar-refractivity contribution is 0.0549. The van der Waals surface area contributed by atoms with Crippen LogP contribution in [0.25, 0.3) is 16.9 Å². The number of ether oxygens (including phenoxy) is 2. The van der Waals surface area contributed by atoms with Crippen LogP contribution in [0.15, 0.2) is 59.5 Å². The molecule has 3 aromatic rings. The number of hydrogen-bond donors (Lipinski definition) is 0. The van der Waals surface area contributed by atoms with Gasteiger partial charge < -0.3 is 9.47 Å². The van der Waals surface area contributed by atoms with Crippen LogP contribution in [-0.2, 0) is 9.47 Å². The van der Waals surface area contributed by atoms with E-state index in [1.807, 2.05) is 54.2 Å². The molecule has 32 heavy (non-hydrogen) atoms. The topological polar surface area (TPSA) is 70.4 Å². The molecule has 0 saturated heterocycles. The van der Waals surface area contributed by atoms with Crippen molar-refractivity contribution >= 4 is 23.7 Å². The minimum atomic E-state index is -0.655. The van der Waals surface area contributed by atoms with Crippen LogP contribution in [0.2, 0.25) is 0 Å². The Morgan fingerprint density at radius 2 is 1.56 bits per heavy atom. The van der Waals surface area contributed by atoms with Crippen molar-refractivity contribution in [1.29, 1.82) is 0 Å². The Labute approximate surface area is 191 Å². The summed E-state index contributed by atoms with van der Waals surface area (Å²) in [6.07, 6.45) is 6.43. The van der Waals surface area contributed by atoms with Crippen molar-refractivity contribution in [2.45, 2.75) is 42.2 Å². The van der Waals surface area contributed by atoms with E-state index in [0.29, 0.717) is 16.6 Å². The molecule has 0 aliphatic heterocycles. The number of para-hydroxylation sites is 1. The van der Waals surface area contributed by atoms with E-state index >= 15 is 0 Å². The average Bonchev–Trinajstić information content (AvgIpc) is 3.25. The molecule has 166 valence electrons. The summed E-state index contributed by atoms with van der Waals surface area (Å²) in [6, 6.07) is 17.2. The van der Waals surface area contributed by atoms with Crippen molar-refractivity contribution in [3.63, 3.8) is 0 Å². The Kier molecular flexibility index (Phi) is 6.95. The number of carbonyl (C=O) groups is 2. The lowest BCUT2D eigenvalue weighted by Crippen LogP contribution is -2.15. The predicted octanol–water partition coefficient (Wildman–Crippen LogP) is 5.54. The van der Waals surface area contributed by atoms with Gasteiger partial charge in [0.1, 0.15) is 11.3 Å². The summed E-state index contributed by atoms with van der Waals surface area (Å²) >= 11 is 1.91. The van der Waals surface area contributed by atoms with Crippen LogP contribution >= 0.6 is 11.8 Å². The lowest BCUT2D eigenvalue weighted by atomic mass is 10.0. The van der Waals surface area contributed by atoms with Gasteiger partial charge in [-0.05, 0) is 37.1 Å². The van der Waals surface area contributed by atoms with Gasteiger partial charge in [-0.25, -0.2) is 14.3 Å². The van der Waals surface area contributed by atoms with Crippen molar-refractivity contribution in [1.82, 2.24) is 9.78 Å². The fourth-order valence-electron chi connectivity index (χ4n) is 4.02. The average molecular weight is 451 g/mol. The molecule has 1 aliphatic carbocycles. The fourth-order valence-corrected chi connectivity index (χ4v) is 5.27. The standard InChI is InChI=1S/C25H26N2O4S/c1-30-24(28)21-22(17-13-15-20(16-14-17)32-19-11-7-4-8-12-19)26-27(23(21)25(29)31-2)18-9-5-3-6-10-18/h3,5-6,9-10,13-16,19H,4,7-8,11-12H2,1-2H3. The van der Waals surface area contributed by atoms with Crippen LogP contribution in [0, 0.1) is 0 Å². The molecule has 0 atom stereocenters. The summed E-state index contributed by atoms with van der Waals surface area (Å²) in [5, 5.41) is 5.30. The maximum Gasteiger partial charge on any atom is 0.357 e. The number of esters is 2. The molecule has 0 N–H and O–H groups in total. The van der Waals surface area contributed by atoms with Gasteiger partial charge in [0.25, 0.3) is 0 Å². The molecule has 1 aromatic heterocycles. The van der Waals surface area contributed by atoms with E-state index < -0.39 is 11.9 Å². The first-order chi connectivity index (χ1) is 15.6. The summed E-state index contributed by atoms with van der Waals surface area (Å²) in [5.74, 6) is -1.29. The van der Waals surface area contributed by atoms with Crippen molar-refractivity contribution in [2.24, 2.45) is 0 Å². The van der Waals surface area contributed by atoms with E-state index in [1.54, 1.807) is 0 Å². The summed E-state index contributed by atoms with van der Waals surface area (Å²) in [7, 11) is 2.57. The molecule has 0 amide bonds. The van der Waals surface area contributed by atoms with Gasteiger partial charge in [-0.3, -0.25) is 0 Å². The number of nitrogens with zero attached hydrogens (tertiary/aromatic N) is 2. The van der Waals surface area contributed by atoms with E-state index in [2.05, 4.69) is 17.2 Å². The van der Waals surface area contributed by atoms with E-state index in [0.717, 1.165) is 5.56 Å². The second-order valence-corrected chi connectivity index (χ2v) is 9.08. The van der Waals surface area contributed by atoms with Crippen molar-refractivity contribution < 1.29 is 19.1 Å². The predicted molar refractivity (Wildman–Crippen MR) is 124 cm³/mol. The number of thioether (sulfide) groups is 1. The molecule has 1 saturated carbocycles. The second kappa shape index (κ2) is 10.0. The van der Waals surface area contributed by atoms with Crippen LogP contribution in [0.3, 0.4) is 0 Å². The van der Waals surface area contributed by atoms with Crippen LogP contribution in [0.5, 0.6) is 0 Å². The summed E-state index contributed by atoms with van der Waals surface area (Å²) < 4.78 is 11.4. The van der Waals surface area contributed by atoms with Crippen molar-refractivity contribution in [3.05, 3.63) is 65.9 Å². The number of hydrogen-bond acceptors (Lipinski definition) is 6. The van der Waals surface area contributed by atoms with E-state index in [1.165, 1.54) is 55.9 Å². The molecule has 1 heterocycles. The van der Waals surface area contributed by atoms with Gasteiger partial charge in [-0.2, -0.15) is 5.10 Å². The molecule has 1 aliphatic rings. The quantitative estimate of drug-likeness (QED) is 0.460. The number of carbonyl (C=O) groups excluding carboxylic acids is 2. The van der Waals surface area contributed by atoms with Gasteiger partial charge in [0, 0.05) is 15.7 Å².